The Labute approximate surface area is 170 Å². The van der Waals surface area contributed by atoms with Crippen molar-refractivity contribution in [3.05, 3.63) is 48.5 Å². The first-order chi connectivity index (χ1) is 13.6. The summed E-state index contributed by atoms with van der Waals surface area (Å²) in [4.78, 5) is 0. The predicted octanol–water partition coefficient (Wildman–Crippen LogP) is 6.35. The molecule has 0 aliphatic heterocycles. The van der Waals surface area contributed by atoms with Gasteiger partial charge >= 0.3 is 0 Å². The van der Waals surface area contributed by atoms with Gasteiger partial charge < -0.3 is 20.1 Å². The van der Waals surface area contributed by atoms with Crippen LogP contribution in [0.15, 0.2) is 48.5 Å². The first kappa shape index (κ1) is 21.9. The Balaban J connectivity index is 1.59. The summed E-state index contributed by atoms with van der Waals surface area (Å²) in [6.45, 7) is 10.1. The Kier molecular flexibility index (Phi) is 9.53. The van der Waals surface area contributed by atoms with Crippen molar-refractivity contribution < 1.29 is 9.47 Å². The highest BCUT2D eigenvalue weighted by molar-refractivity contribution is 5.47. The minimum Gasteiger partial charge on any atom is -0.494 e. The lowest BCUT2D eigenvalue weighted by atomic mass is 10.2. The highest BCUT2D eigenvalue weighted by Crippen LogP contribution is 2.18. The van der Waals surface area contributed by atoms with Crippen LogP contribution in [0.1, 0.15) is 53.4 Å². The molecule has 0 heterocycles. The fourth-order valence-corrected chi connectivity index (χ4v) is 2.65. The average Bonchev–Trinajstić information content (AvgIpc) is 2.72. The number of ether oxygens (including phenoxy) is 2. The van der Waals surface area contributed by atoms with Gasteiger partial charge in [0.15, 0.2) is 0 Å². The van der Waals surface area contributed by atoms with Crippen molar-refractivity contribution in [2.75, 3.05) is 23.8 Å². The van der Waals surface area contributed by atoms with Gasteiger partial charge in [0.2, 0.25) is 0 Å². The highest BCUT2D eigenvalue weighted by atomic mass is 16.5. The van der Waals surface area contributed by atoms with Crippen LogP contribution in [0, 0.1) is 0 Å². The summed E-state index contributed by atoms with van der Waals surface area (Å²) in [5.41, 5.74) is 2.28. The van der Waals surface area contributed by atoms with Gasteiger partial charge in [0, 0.05) is 23.5 Å². The number of hydrogen-bond acceptors (Lipinski definition) is 4. The van der Waals surface area contributed by atoms with E-state index in [0.717, 1.165) is 48.6 Å². The topological polar surface area (TPSA) is 42.5 Å². The molecule has 2 aromatic carbocycles. The molecule has 0 aliphatic carbocycles. The minimum atomic E-state index is 0.485. The number of rotatable bonds is 13. The second-order valence-corrected chi connectivity index (χ2v) is 7.36. The normalized spacial score (nSPS) is 12.9. The lowest BCUT2D eigenvalue weighted by molar-refractivity contribution is 0.266. The summed E-state index contributed by atoms with van der Waals surface area (Å²) < 4.78 is 11.6. The summed E-state index contributed by atoms with van der Waals surface area (Å²) in [7, 11) is 0. The summed E-state index contributed by atoms with van der Waals surface area (Å²) in [5, 5.41) is 6.92. The number of anilines is 2. The number of hydrogen-bond donors (Lipinski definition) is 2. The van der Waals surface area contributed by atoms with E-state index in [-0.39, 0.29) is 0 Å². The van der Waals surface area contributed by atoms with E-state index in [0.29, 0.717) is 25.3 Å². The van der Waals surface area contributed by atoms with Crippen molar-refractivity contribution in [2.24, 2.45) is 0 Å². The molecule has 2 N–H and O–H groups in total. The molecule has 154 valence electrons. The maximum absolute atomic E-state index is 5.82. The molecule has 0 bridgehead atoms. The molecule has 0 saturated carbocycles. The molecule has 0 aromatic heterocycles. The van der Waals surface area contributed by atoms with Crippen LogP contribution < -0.4 is 20.1 Å². The summed E-state index contributed by atoms with van der Waals surface area (Å²) in [6, 6.07) is 17.4. The number of unbranched alkanes of at least 4 members (excludes halogenated alkanes) is 1. The zero-order valence-corrected chi connectivity index (χ0v) is 17.8. The Morgan fingerprint density at radius 1 is 0.643 bits per heavy atom. The van der Waals surface area contributed by atoms with Crippen LogP contribution in [0.3, 0.4) is 0 Å². The molecule has 2 aromatic rings. The van der Waals surface area contributed by atoms with Crippen molar-refractivity contribution in [3.63, 3.8) is 0 Å². The first-order valence-electron chi connectivity index (χ1n) is 10.6. The molecule has 4 heteroatoms. The van der Waals surface area contributed by atoms with Crippen LogP contribution in [-0.4, -0.2) is 25.3 Å². The monoisotopic (exact) mass is 384 g/mol. The van der Waals surface area contributed by atoms with Crippen molar-refractivity contribution in [1.82, 2.24) is 0 Å². The Morgan fingerprint density at radius 3 is 1.32 bits per heavy atom. The van der Waals surface area contributed by atoms with Gasteiger partial charge in [-0.3, -0.25) is 0 Å². The zero-order valence-electron chi connectivity index (χ0n) is 17.8. The van der Waals surface area contributed by atoms with Crippen LogP contribution in [-0.2, 0) is 0 Å². The molecule has 0 aliphatic rings. The van der Waals surface area contributed by atoms with Crippen molar-refractivity contribution in [3.8, 4) is 11.5 Å². The molecule has 0 radical (unpaired) electrons. The maximum Gasteiger partial charge on any atom is 0.119 e. The summed E-state index contributed by atoms with van der Waals surface area (Å²) in [5.74, 6) is 1.83. The maximum atomic E-state index is 5.82. The van der Waals surface area contributed by atoms with E-state index in [1.165, 1.54) is 0 Å². The molecule has 0 saturated heterocycles. The Morgan fingerprint density at radius 2 is 1.00 bits per heavy atom. The largest absolute Gasteiger partial charge is 0.494 e. The van der Waals surface area contributed by atoms with Crippen molar-refractivity contribution in [2.45, 2.75) is 65.5 Å². The first-order valence-corrected chi connectivity index (χ1v) is 10.6. The number of nitrogens with one attached hydrogen (secondary N) is 2. The van der Waals surface area contributed by atoms with Gasteiger partial charge in [-0.2, -0.15) is 0 Å². The molecule has 2 unspecified atom stereocenters. The second kappa shape index (κ2) is 12.2. The molecule has 0 spiro atoms. The van der Waals surface area contributed by atoms with E-state index in [2.05, 4.69) is 62.6 Å². The third-order valence-corrected chi connectivity index (χ3v) is 4.84. The third kappa shape index (κ3) is 8.12. The molecule has 2 atom stereocenters. The van der Waals surface area contributed by atoms with Crippen LogP contribution in [0.4, 0.5) is 11.4 Å². The van der Waals surface area contributed by atoms with Gasteiger partial charge in [0.25, 0.3) is 0 Å². The molecule has 0 fully saturated rings. The van der Waals surface area contributed by atoms with Crippen LogP contribution in [0.2, 0.25) is 0 Å². The van der Waals surface area contributed by atoms with E-state index in [1.54, 1.807) is 0 Å². The smallest absolute Gasteiger partial charge is 0.119 e. The number of benzene rings is 2. The van der Waals surface area contributed by atoms with E-state index < -0.39 is 0 Å². The fraction of sp³-hybridized carbons (Fsp3) is 0.500. The van der Waals surface area contributed by atoms with Gasteiger partial charge in [-0.25, -0.2) is 0 Å². The average molecular weight is 385 g/mol. The Bertz CT molecular complexity index is 596. The molecule has 2 rings (SSSR count). The predicted molar refractivity (Wildman–Crippen MR) is 120 cm³/mol. The molecular formula is C24H36N2O2. The van der Waals surface area contributed by atoms with Gasteiger partial charge in [-0.1, -0.05) is 13.8 Å². The standard InChI is InChI=1S/C24H36N2O2/c1-5-19(3)25-21-9-13-23(14-10-21)27-17-7-8-18-28-24-15-11-22(12-16-24)26-20(4)6-2/h9-16,19-20,25-26H,5-8,17-18H2,1-4H3. The van der Waals surface area contributed by atoms with Crippen molar-refractivity contribution in [1.29, 1.82) is 0 Å². The Hall–Kier alpha value is -2.36. The van der Waals surface area contributed by atoms with Gasteiger partial charge in [-0.05, 0) is 88.1 Å². The molecular weight excluding hydrogens is 348 g/mol. The summed E-state index contributed by atoms with van der Waals surface area (Å²) >= 11 is 0. The lowest BCUT2D eigenvalue weighted by Gasteiger charge is -2.14. The summed E-state index contributed by atoms with van der Waals surface area (Å²) in [6.07, 6.45) is 4.17. The SMILES string of the molecule is CCC(C)Nc1ccc(OCCCCOc2ccc(NC(C)CC)cc2)cc1. The van der Waals surface area contributed by atoms with Crippen LogP contribution >= 0.6 is 0 Å². The molecule has 4 nitrogen and oxygen atoms in total. The van der Waals surface area contributed by atoms with E-state index in [1.807, 2.05) is 24.3 Å². The second-order valence-electron chi connectivity index (χ2n) is 7.36. The quantitative estimate of drug-likeness (QED) is 0.395. The lowest BCUT2D eigenvalue weighted by Crippen LogP contribution is -2.13. The van der Waals surface area contributed by atoms with Crippen LogP contribution in [0.5, 0.6) is 11.5 Å². The van der Waals surface area contributed by atoms with E-state index >= 15 is 0 Å². The highest BCUT2D eigenvalue weighted by Gasteiger charge is 2.01. The molecule has 0 amide bonds. The third-order valence-electron chi connectivity index (χ3n) is 4.84. The minimum absolute atomic E-state index is 0.485. The van der Waals surface area contributed by atoms with Gasteiger partial charge in [-0.15, -0.1) is 0 Å². The zero-order chi connectivity index (χ0) is 20.2. The van der Waals surface area contributed by atoms with Gasteiger partial charge in [0.05, 0.1) is 13.2 Å². The van der Waals surface area contributed by atoms with Crippen molar-refractivity contribution >= 4 is 11.4 Å². The fourth-order valence-electron chi connectivity index (χ4n) is 2.65. The van der Waals surface area contributed by atoms with E-state index in [4.69, 9.17) is 9.47 Å². The van der Waals surface area contributed by atoms with Crippen LogP contribution in [0.25, 0.3) is 0 Å². The van der Waals surface area contributed by atoms with E-state index in [9.17, 15) is 0 Å². The molecule has 28 heavy (non-hydrogen) atoms. The van der Waals surface area contributed by atoms with Gasteiger partial charge in [0.1, 0.15) is 11.5 Å².